The summed E-state index contributed by atoms with van der Waals surface area (Å²) in [6.45, 7) is -0.507. The van der Waals surface area contributed by atoms with E-state index >= 15 is 0 Å². The molecule has 0 radical (unpaired) electrons. The first-order chi connectivity index (χ1) is 8.04. The number of nitrogens with zero attached hydrogens (tertiary/aromatic N) is 1. The van der Waals surface area contributed by atoms with E-state index in [0.717, 1.165) is 0 Å². The number of rotatable bonds is 5. The van der Waals surface area contributed by atoms with E-state index in [9.17, 15) is 9.90 Å². The van der Waals surface area contributed by atoms with Crippen molar-refractivity contribution in [3.05, 3.63) is 22.2 Å². The standard InChI is InChI=1S/C10H10BrNO5/c1-16-8-3-6(2-7(11)10(8)15)4-12-17-5-9(13)14/h2-4,15H,5H2,1H3,(H,13,14). The van der Waals surface area contributed by atoms with Gasteiger partial charge in [-0.1, -0.05) is 5.16 Å². The molecule has 0 bridgehead atoms. The Balaban J connectivity index is 2.78. The van der Waals surface area contributed by atoms with Crippen LogP contribution in [-0.2, 0) is 9.63 Å². The van der Waals surface area contributed by atoms with Crippen molar-refractivity contribution in [3.63, 3.8) is 0 Å². The van der Waals surface area contributed by atoms with Crippen LogP contribution in [0.25, 0.3) is 0 Å². The molecule has 7 heteroatoms. The third-order valence-corrected chi connectivity index (χ3v) is 2.34. The zero-order valence-corrected chi connectivity index (χ0v) is 10.5. The fourth-order valence-electron chi connectivity index (χ4n) is 1.01. The van der Waals surface area contributed by atoms with Gasteiger partial charge in [0.25, 0.3) is 0 Å². The van der Waals surface area contributed by atoms with E-state index < -0.39 is 12.6 Å². The number of oxime groups is 1. The number of carboxylic acid groups (broad SMARTS) is 1. The average molecular weight is 304 g/mol. The van der Waals surface area contributed by atoms with Crippen LogP contribution in [0.15, 0.2) is 21.8 Å². The van der Waals surface area contributed by atoms with Crippen molar-refractivity contribution >= 4 is 28.1 Å². The summed E-state index contributed by atoms with van der Waals surface area (Å²) in [4.78, 5) is 14.6. The van der Waals surface area contributed by atoms with Crippen LogP contribution in [0.1, 0.15) is 5.56 Å². The predicted octanol–water partition coefficient (Wildman–Crippen LogP) is 1.60. The minimum atomic E-state index is -1.10. The summed E-state index contributed by atoms with van der Waals surface area (Å²) in [6.07, 6.45) is 1.32. The number of hydrogen-bond donors (Lipinski definition) is 2. The van der Waals surface area contributed by atoms with Crippen LogP contribution in [0.5, 0.6) is 11.5 Å². The first-order valence-electron chi connectivity index (χ1n) is 4.48. The molecule has 0 saturated heterocycles. The van der Waals surface area contributed by atoms with Crippen LogP contribution in [0.2, 0.25) is 0 Å². The number of carbonyl (C=O) groups is 1. The molecule has 0 saturated carbocycles. The maximum atomic E-state index is 10.2. The minimum Gasteiger partial charge on any atom is -0.503 e. The van der Waals surface area contributed by atoms with Crippen LogP contribution >= 0.6 is 15.9 Å². The van der Waals surface area contributed by atoms with Gasteiger partial charge < -0.3 is 19.8 Å². The van der Waals surface area contributed by atoms with Crippen LogP contribution < -0.4 is 4.74 Å². The van der Waals surface area contributed by atoms with Crippen molar-refractivity contribution in [2.75, 3.05) is 13.7 Å². The normalized spacial score (nSPS) is 10.5. The molecule has 0 atom stereocenters. The Kier molecular flexibility index (Phi) is 4.77. The van der Waals surface area contributed by atoms with Gasteiger partial charge in [-0.25, -0.2) is 4.79 Å². The number of hydrogen-bond acceptors (Lipinski definition) is 5. The predicted molar refractivity (Wildman–Crippen MR) is 63.5 cm³/mol. The fourth-order valence-corrected chi connectivity index (χ4v) is 1.47. The number of phenolic OH excluding ortho intramolecular Hbond substituents is 1. The molecule has 17 heavy (non-hydrogen) atoms. The largest absolute Gasteiger partial charge is 0.503 e. The highest BCUT2D eigenvalue weighted by Gasteiger charge is 2.07. The highest BCUT2D eigenvalue weighted by Crippen LogP contribution is 2.34. The number of carboxylic acids is 1. The number of ether oxygens (including phenoxy) is 1. The summed E-state index contributed by atoms with van der Waals surface area (Å²) in [5.74, 6) is -0.846. The molecule has 0 aliphatic rings. The molecule has 0 heterocycles. The highest BCUT2D eigenvalue weighted by atomic mass is 79.9. The molecule has 0 aliphatic heterocycles. The zero-order valence-electron chi connectivity index (χ0n) is 8.88. The Morgan fingerprint density at radius 2 is 2.29 bits per heavy atom. The Labute approximate surface area is 106 Å². The summed E-state index contributed by atoms with van der Waals surface area (Å²) < 4.78 is 5.38. The number of halogens is 1. The summed E-state index contributed by atoms with van der Waals surface area (Å²) in [5.41, 5.74) is 0.594. The molecule has 0 fully saturated rings. The van der Waals surface area contributed by atoms with Crippen LogP contribution in [-0.4, -0.2) is 36.1 Å². The molecule has 1 aromatic carbocycles. The summed E-state index contributed by atoms with van der Waals surface area (Å²) in [7, 11) is 1.42. The van der Waals surface area contributed by atoms with E-state index in [-0.39, 0.29) is 11.5 Å². The van der Waals surface area contributed by atoms with Crippen LogP contribution in [0, 0.1) is 0 Å². The van der Waals surface area contributed by atoms with Crippen molar-refractivity contribution in [3.8, 4) is 11.5 Å². The van der Waals surface area contributed by atoms with Crippen molar-refractivity contribution in [2.24, 2.45) is 5.16 Å². The summed E-state index contributed by atoms with van der Waals surface area (Å²) in [6, 6.07) is 3.12. The maximum Gasteiger partial charge on any atom is 0.344 e. The first kappa shape index (κ1) is 13.3. The molecule has 1 rings (SSSR count). The zero-order chi connectivity index (χ0) is 12.8. The van der Waals surface area contributed by atoms with Crippen molar-refractivity contribution in [1.29, 1.82) is 0 Å². The molecular weight excluding hydrogens is 294 g/mol. The highest BCUT2D eigenvalue weighted by molar-refractivity contribution is 9.10. The van der Waals surface area contributed by atoms with Gasteiger partial charge in [-0.05, 0) is 28.1 Å². The van der Waals surface area contributed by atoms with E-state index in [2.05, 4.69) is 25.9 Å². The van der Waals surface area contributed by atoms with E-state index in [0.29, 0.717) is 10.0 Å². The Morgan fingerprint density at radius 1 is 1.59 bits per heavy atom. The van der Waals surface area contributed by atoms with E-state index in [4.69, 9.17) is 9.84 Å². The van der Waals surface area contributed by atoms with E-state index in [1.54, 1.807) is 6.07 Å². The number of benzene rings is 1. The molecule has 92 valence electrons. The lowest BCUT2D eigenvalue weighted by Gasteiger charge is -2.05. The molecule has 0 amide bonds. The lowest BCUT2D eigenvalue weighted by Crippen LogP contribution is -2.03. The molecule has 6 nitrogen and oxygen atoms in total. The van der Waals surface area contributed by atoms with Crippen LogP contribution in [0.3, 0.4) is 0 Å². The fraction of sp³-hybridized carbons (Fsp3) is 0.200. The smallest absolute Gasteiger partial charge is 0.344 e. The average Bonchev–Trinajstić information content (AvgIpc) is 2.28. The minimum absolute atomic E-state index is 0.0175. The molecule has 1 aromatic rings. The topological polar surface area (TPSA) is 88.4 Å². The summed E-state index contributed by atoms with van der Waals surface area (Å²) in [5, 5.41) is 21.3. The maximum absolute atomic E-state index is 10.2. The number of aliphatic carboxylic acids is 1. The van der Waals surface area contributed by atoms with Gasteiger partial charge in [0.15, 0.2) is 11.5 Å². The number of aromatic hydroxyl groups is 1. The van der Waals surface area contributed by atoms with Gasteiger partial charge in [-0.2, -0.15) is 0 Å². The van der Waals surface area contributed by atoms with Crippen molar-refractivity contribution in [1.82, 2.24) is 0 Å². The Hall–Kier alpha value is -1.76. The monoisotopic (exact) mass is 303 g/mol. The second kappa shape index (κ2) is 6.09. The molecule has 0 aliphatic carbocycles. The third-order valence-electron chi connectivity index (χ3n) is 1.74. The van der Waals surface area contributed by atoms with Crippen molar-refractivity contribution in [2.45, 2.75) is 0 Å². The molecular formula is C10H10BrNO5. The molecule has 0 unspecified atom stereocenters. The van der Waals surface area contributed by atoms with Crippen LogP contribution in [0.4, 0.5) is 0 Å². The van der Waals surface area contributed by atoms with Gasteiger partial charge in [0.1, 0.15) is 0 Å². The lowest BCUT2D eigenvalue weighted by atomic mass is 10.2. The molecule has 0 spiro atoms. The van der Waals surface area contributed by atoms with Gasteiger partial charge in [-0.3, -0.25) is 0 Å². The third kappa shape index (κ3) is 3.95. The molecule has 2 N–H and O–H groups in total. The quantitative estimate of drug-likeness (QED) is 0.637. The van der Waals surface area contributed by atoms with E-state index in [1.807, 2.05) is 0 Å². The Morgan fingerprint density at radius 3 is 2.88 bits per heavy atom. The van der Waals surface area contributed by atoms with E-state index in [1.165, 1.54) is 19.4 Å². The van der Waals surface area contributed by atoms with Gasteiger partial charge in [0.2, 0.25) is 6.61 Å². The number of methoxy groups -OCH3 is 1. The van der Waals surface area contributed by atoms with Gasteiger partial charge in [-0.15, -0.1) is 0 Å². The first-order valence-corrected chi connectivity index (χ1v) is 5.27. The van der Waals surface area contributed by atoms with Crippen molar-refractivity contribution < 1.29 is 24.6 Å². The second-order valence-electron chi connectivity index (χ2n) is 2.96. The summed E-state index contributed by atoms with van der Waals surface area (Å²) >= 11 is 3.14. The van der Waals surface area contributed by atoms with Gasteiger partial charge in [0, 0.05) is 5.56 Å². The number of phenols is 1. The Bertz CT molecular complexity index is 447. The lowest BCUT2D eigenvalue weighted by molar-refractivity contribution is -0.142. The van der Waals surface area contributed by atoms with Gasteiger partial charge in [0.05, 0.1) is 17.8 Å². The SMILES string of the molecule is COc1cc(C=NOCC(=O)O)cc(Br)c1O. The van der Waals surface area contributed by atoms with Gasteiger partial charge >= 0.3 is 5.97 Å². The molecule has 0 aromatic heterocycles. The second-order valence-corrected chi connectivity index (χ2v) is 3.81.